The lowest BCUT2D eigenvalue weighted by Crippen LogP contribution is -2.41. The summed E-state index contributed by atoms with van der Waals surface area (Å²) in [5.41, 5.74) is 2.20. The lowest BCUT2D eigenvalue weighted by molar-refractivity contribution is 0.173. The molecule has 106 valence electrons. The Morgan fingerprint density at radius 1 is 1.26 bits per heavy atom. The molecule has 2 rings (SSSR count). The zero-order chi connectivity index (χ0) is 13.7. The van der Waals surface area contributed by atoms with Gasteiger partial charge in [0.2, 0.25) is 0 Å². The summed E-state index contributed by atoms with van der Waals surface area (Å²) in [4.78, 5) is 2.40. The highest BCUT2D eigenvalue weighted by molar-refractivity contribution is 5.49. The Morgan fingerprint density at radius 3 is 2.42 bits per heavy atom. The van der Waals surface area contributed by atoms with Crippen molar-refractivity contribution in [3.63, 3.8) is 0 Å². The fraction of sp³-hybridized carbons (Fsp3) is 0.625. The van der Waals surface area contributed by atoms with Crippen LogP contribution in [0.1, 0.15) is 50.7 Å². The minimum Gasteiger partial charge on any atom is -0.396 e. The Labute approximate surface area is 115 Å². The molecule has 1 aromatic carbocycles. The number of aliphatic hydroxyl groups is 2. The second kappa shape index (κ2) is 6.92. The Kier molecular flexibility index (Phi) is 5.23. The van der Waals surface area contributed by atoms with E-state index < -0.39 is 0 Å². The minimum absolute atomic E-state index is 0.246. The van der Waals surface area contributed by atoms with Gasteiger partial charge in [0.05, 0.1) is 6.10 Å². The summed E-state index contributed by atoms with van der Waals surface area (Å²) < 4.78 is 0. The molecule has 0 aliphatic heterocycles. The molecule has 1 aliphatic rings. The van der Waals surface area contributed by atoms with Crippen molar-refractivity contribution in [2.75, 3.05) is 18.1 Å². The SMILES string of the molecule is CC[C@H](O)c1ccc(N(CCCO)C2CCC2)cc1. The Morgan fingerprint density at radius 2 is 1.95 bits per heavy atom. The second-order valence-corrected chi connectivity index (χ2v) is 5.37. The first-order chi connectivity index (χ1) is 9.26. The number of benzene rings is 1. The molecule has 0 unspecified atom stereocenters. The number of anilines is 1. The number of rotatable bonds is 7. The molecular formula is C16H25NO2. The Hall–Kier alpha value is -1.06. The molecule has 1 atom stereocenters. The van der Waals surface area contributed by atoms with Crippen LogP contribution in [0.5, 0.6) is 0 Å². The molecule has 19 heavy (non-hydrogen) atoms. The normalized spacial score (nSPS) is 17.0. The van der Waals surface area contributed by atoms with Crippen molar-refractivity contribution in [1.29, 1.82) is 0 Å². The van der Waals surface area contributed by atoms with E-state index in [0.29, 0.717) is 6.04 Å². The van der Waals surface area contributed by atoms with Crippen molar-refractivity contribution < 1.29 is 10.2 Å². The predicted octanol–water partition coefficient (Wildman–Crippen LogP) is 2.87. The quantitative estimate of drug-likeness (QED) is 0.795. The first-order valence-electron chi connectivity index (χ1n) is 7.41. The summed E-state index contributed by atoms with van der Waals surface area (Å²) in [6.45, 7) is 3.15. The van der Waals surface area contributed by atoms with Gasteiger partial charge in [0.25, 0.3) is 0 Å². The van der Waals surface area contributed by atoms with E-state index in [1.165, 1.54) is 24.9 Å². The molecule has 0 spiro atoms. The maximum atomic E-state index is 9.82. The van der Waals surface area contributed by atoms with E-state index in [2.05, 4.69) is 17.0 Å². The van der Waals surface area contributed by atoms with Crippen molar-refractivity contribution in [3.05, 3.63) is 29.8 Å². The molecule has 0 heterocycles. The largest absolute Gasteiger partial charge is 0.396 e. The molecule has 1 aliphatic carbocycles. The van der Waals surface area contributed by atoms with Crippen LogP contribution in [0.4, 0.5) is 5.69 Å². The van der Waals surface area contributed by atoms with Crippen LogP contribution in [0.2, 0.25) is 0 Å². The number of aliphatic hydroxyl groups excluding tert-OH is 2. The third-order valence-electron chi connectivity index (χ3n) is 4.07. The van der Waals surface area contributed by atoms with Crippen LogP contribution in [-0.4, -0.2) is 29.4 Å². The maximum Gasteiger partial charge on any atom is 0.0787 e. The average molecular weight is 263 g/mol. The summed E-state index contributed by atoms with van der Waals surface area (Å²) in [5, 5.41) is 18.8. The van der Waals surface area contributed by atoms with E-state index in [0.717, 1.165) is 24.9 Å². The van der Waals surface area contributed by atoms with E-state index in [9.17, 15) is 5.11 Å². The van der Waals surface area contributed by atoms with Gasteiger partial charge in [-0.1, -0.05) is 19.1 Å². The third-order valence-corrected chi connectivity index (χ3v) is 4.07. The predicted molar refractivity (Wildman–Crippen MR) is 78.4 cm³/mol. The van der Waals surface area contributed by atoms with Gasteiger partial charge in [-0.25, -0.2) is 0 Å². The zero-order valence-electron chi connectivity index (χ0n) is 11.8. The van der Waals surface area contributed by atoms with E-state index in [1.807, 2.05) is 19.1 Å². The lowest BCUT2D eigenvalue weighted by atomic mass is 9.90. The third kappa shape index (κ3) is 3.48. The fourth-order valence-corrected chi connectivity index (χ4v) is 2.59. The van der Waals surface area contributed by atoms with Gasteiger partial charge in [0.15, 0.2) is 0 Å². The molecule has 3 heteroatoms. The van der Waals surface area contributed by atoms with Gasteiger partial charge < -0.3 is 15.1 Å². The summed E-state index contributed by atoms with van der Waals surface area (Å²) in [5.74, 6) is 0. The number of hydrogen-bond donors (Lipinski definition) is 2. The van der Waals surface area contributed by atoms with Gasteiger partial charge in [-0.3, -0.25) is 0 Å². The van der Waals surface area contributed by atoms with Crippen molar-refractivity contribution in [3.8, 4) is 0 Å². The van der Waals surface area contributed by atoms with Crippen LogP contribution in [-0.2, 0) is 0 Å². The van der Waals surface area contributed by atoms with E-state index >= 15 is 0 Å². The number of nitrogens with zero attached hydrogens (tertiary/aromatic N) is 1. The van der Waals surface area contributed by atoms with E-state index in [-0.39, 0.29) is 12.7 Å². The first kappa shape index (κ1) is 14.4. The topological polar surface area (TPSA) is 43.7 Å². The Balaban J connectivity index is 2.07. The number of hydrogen-bond acceptors (Lipinski definition) is 3. The first-order valence-corrected chi connectivity index (χ1v) is 7.41. The minimum atomic E-state index is -0.358. The molecule has 0 amide bonds. The molecule has 1 saturated carbocycles. The van der Waals surface area contributed by atoms with E-state index in [1.54, 1.807) is 0 Å². The highest BCUT2D eigenvalue weighted by Gasteiger charge is 2.24. The zero-order valence-corrected chi connectivity index (χ0v) is 11.8. The summed E-state index contributed by atoms with van der Waals surface area (Å²) in [6.07, 6.45) is 5.03. The van der Waals surface area contributed by atoms with Crippen molar-refractivity contribution in [2.45, 2.75) is 51.2 Å². The molecule has 0 aromatic heterocycles. The van der Waals surface area contributed by atoms with Gasteiger partial charge in [-0.05, 0) is 49.8 Å². The van der Waals surface area contributed by atoms with Gasteiger partial charge in [-0.15, -0.1) is 0 Å². The average Bonchev–Trinajstić information content (AvgIpc) is 2.40. The molecule has 1 aromatic rings. The summed E-state index contributed by atoms with van der Waals surface area (Å²) in [6, 6.07) is 8.88. The smallest absolute Gasteiger partial charge is 0.0787 e. The van der Waals surface area contributed by atoms with Crippen LogP contribution in [0.25, 0.3) is 0 Å². The van der Waals surface area contributed by atoms with Gasteiger partial charge in [0, 0.05) is 24.9 Å². The van der Waals surface area contributed by atoms with Crippen molar-refractivity contribution in [2.24, 2.45) is 0 Å². The lowest BCUT2D eigenvalue weighted by Gasteiger charge is -2.39. The second-order valence-electron chi connectivity index (χ2n) is 5.37. The van der Waals surface area contributed by atoms with Crippen LogP contribution >= 0.6 is 0 Å². The summed E-state index contributed by atoms with van der Waals surface area (Å²) >= 11 is 0. The maximum absolute atomic E-state index is 9.82. The molecule has 2 N–H and O–H groups in total. The molecular weight excluding hydrogens is 238 g/mol. The van der Waals surface area contributed by atoms with Crippen LogP contribution < -0.4 is 4.90 Å². The molecule has 1 fully saturated rings. The van der Waals surface area contributed by atoms with Crippen LogP contribution in [0.3, 0.4) is 0 Å². The highest BCUT2D eigenvalue weighted by Crippen LogP contribution is 2.30. The van der Waals surface area contributed by atoms with E-state index in [4.69, 9.17) is 5.11 Å². The fourth-order valence-electron chi connectivity index (χ4n) is 2.59. The van der Waals surface area contributed by atoms with Gasteiger partial charge >= 0.3 is 0 Å². The molecule has 3 nitrogen and oxygen atoms in total. The van der Waals surface area contributed by atoms with Crippen molar-refractivity contribution >= 4 is 5.69 Å². The van der Waals surface area contributed by atoms with Crippen LogP contribution in [0, 0.1) is 0 Å². The molecule has 0 bridgehead atoms. The van der Waals surface area contributed by atoms with Crippen LogP contribution in [0.15, 0.2) is 24.3 Å². The molecule has 0 radical (unpaired) electrons. The Bertz CT molecular complexity index is 373. The monoisotopic (exact) mass is 263 g/mol. The summed E-state index contributed by atoms with van der Waals surface area (Å²) in [7, 11) is 0. The van der Waals surface area contributed by atoms with Gasteiger partial charge in [-0.2, -0.15) is 0 Å². The standard InChI is InChI=1S/C16H25NO2/c1-2-16(19)13-7-9-15(10-8-13)17(11-4-12-18)14-5-3-6-14/h7-10,14,16,18-19H,2-6,11-12H2,1H3/t16-/m0/s1. The highest BCUT2D eigenvalue weighted by atomic mass is 16.3. The van der Waals surface area contributed by atoms with Crippen molar-refractivity contribution in [1.82, 2.24) is 0 Å². The van der Waals surface area contributed by atoms with Gasteiger partial charge in [0.1, 0.15) is 0 Å². The molecule has 0 saturated heterocycles.